The van der Waals surface area contributed by atoms with Crippen LogP contribution >= 0.6 is 0 Å². The van der Waals surface area contributed by atoms with Gasteiger partial charge in [-0.2, -0.15) is 5.10 Å². The Morgan fingerprint density at radius 2 is 2.09 bits per heavy atom. The topological polar surface area (TPSA) is 90.5 Å². The molecule has 0 spiro atoms. The van der Waals surface area contributed by atoms with Crippen LogP contribution in [0.2, 0.25) is 0 Å². The van der Waals surface area contributed by atoms with Crippen molar-refractivity contribution >= 4 is 11.7 Å². The molecule has 1 aromatic carbocycles. The first-order chi connectivity index (χ1) is 11.1. The van der Waals surface area contributed by atoms with Crippen LogP contribution in [0.3, 0.4) is 0 Å². The van der Waals surface area contributed by atoms with Crippen molar-refractivity contribution in [2.75, 3.05) is 5.32 Å². The van der Waals surface area contributed by atoms with E-state index in [1.807, 2.05) is 50.4 Å². The van der Waals surface area contributed by atoms with Gasteiger partial charge in [-0.1, -0.05) is 30.3 Å². The van der Waals surface area contributed by atoms with E-state index in [2.05, 4.69) is 25.9 Å². The number of aryl methyl sites for hydroxylation is 2. The molecule has 1 N–H and O–H groups in total. The summed E-state index contributed by atoms with van der Waals surface area (Å²) in [6, 6.07) is 11.0. The fourth-order valence-electron chi connectivity index (χ4n) is 2.29. The van der Waals surface area contributed by atoms with Crippen LogP contribution in [0.25, 0.3) is 0 Å². The van der Waals surface area contributed by atoms with Gasteiger partial charge in [-0.3, -0.25) is 9.48 Å². The predicted molar refractivity (Wildman–Crippen MR) is 83.6 cm³/mol. The summed E-state index contributed by atoms with van der Waals surface area (Å²) in [5.41, 5.74) is 1.99. The molecule has 0 saturated heterocycles. The van der Waals surface area contributed by atoms with Gasteiger partial charge >= 0.3 is 0 Å². The van der Waals surface area contributed by atoms with Crippen LogP contribution in [0.5, 0.6) is 0 Å². The number of nitrogens with one attached hydrogen (secondary N) is 1. The molecule has 0 radical (unpaired) electrons. The van der Waals surface area contributed by atoms with Crippen LogP contribution in [0, 0.1) is 6.92 Å². The number of hydrogen-bond acceptors (Lipinski definition) is 5. The Bertz CT molecular complexity index is 760. The van der Waals surface area contributed by atoms with E-state index in [9.17, 15) is 4.79 Å². The van der Waals surface area contributed by atoms with Crippen LogP contribution in [0.1, 0.15) is 17.3 Å². The van der Waals surface area contributed by atoms with E-state index in [-0.39, 0.29) is 5.91 Å². The second-order valence-corrected chi connectivity index (χ2v) is 5.28. The molecule has 1 unspecified atom stereocenters. The lowest BCUT2D eigenvalue weighted by atomic mass is 10.1. The monoisotopic (exact) mass is 311 g/mol. The van der Waals surface area contributed by atoms with Crippen LogP contribution < -0.4 is 5.32 Å². The maximum absolute atomic E-state index is 12.7. The Labute approximate surface area is 133 Å². The summed E-state index contributed by atoms with van der Waals surface area (Å²) < 4.78 is 3.16. The number of tetrazole rings is 1. The van der Waals surface area contributed by atoms with Gasteiger partial charge in [0.05, 0.1) is 0 Å². The van der Waals surface area contributed by atoms with Crippen molar-refractivity contribution in [3.63, 3.8) is 0 Å². The van der Waals surface area contributed by atoms with Crippen LogP contribution in [0.15, 0.2) is 42.7 Å². The molecule has 0 bridgehead atoms. The van der Waals surface area contributed by atoms with Gasteiger partial charge in [-0.25, -0.2) is 4.68 Å². The number of nitrogens with zero attached hydrogens (tertiary/aromatic N) is 6. The summed E-state index contributed by atoms with van der Waals surface area (Å²) in [6.07, 6.45) is 1.93. The molecule has 8 heteroatoms. The van der Waals surface area contributed by atoms with Crippen molar-refractivity contribution in [3.8, 4) is 0 Å². The number of anilines is 1. The molecule has 8 nitrogen and oxygen atoms in total. The number of rotatable bonds is 5. The molecule has 0 aliphatic rings. The minimum absolute atomic E-state index is 0.209. The number of aromatic nitrogens is 6. The highest BCUT2D eigenvalue weighted by Gasteiger charge is 2.23. The zero-order valence-corrected chi connectivity index (χ0v) is 12.9. The summed E-state index contributed by atoms with van der Waals surface area (Å²) >= 11 is 0. The number of benzene rings is 1. The molecule has 1 atom stereocenters. The van der Waals surface area contributed by atoms with E-state index in [0.717, 1.165) is 11.3 Å². The maximum Gasteiger partial charge on any atom is 0.250 e. The molecule has 0 aliphatic heterocycles. The minimum atomic E-state index is -0.547. The molecule has 3 aromatic rings. The van der Waals surface area contributed by atoms with E-state index in [4.69, 9.17) is 0 Å². The van der Waals surface area contributed by atoms with Gasteiger partial charge in [0.1, 0.15) is 12.4 Å². The van der Waals surface area contributed by atoms with E-state index in [1.54, 1.807) is 4.68 Å². The Morgan fingerprint density at radius 3 is 2.70 bits per heavy atom. The third-order valence-electron chi connectivity index (χ3n) is 3.62. The van der Waals surface area contributed by atoms with Crippen LogP contribution in [-0.4, -0.2) is 35.9 Å². The third-order valence-corrected chi connectivity index (χ3v) is 3.62. The second-order valence-electron chi connectivity index (χ2n) is 5.28. The van der Waals surface area contributed by atoms with Gasteiger partial charge in [0.15, 0.2) is 5.82 Å². The molecule has 0 aliphatic carbocycles. The van der Waals surface area contributed by atoms with E-state index in [1.165, 1.54) is 11.0 Å². The molecular weight excluding hydrogens is 294 g/mol. The molecule has 2 aromatic heterocycles. The normalized spacial score (nSPS) is 12.1. The lowest BCUT2D eigenvalue weighted by Gasteiger charge is -2.15. The van der Waals surface area contributed by atoms with Crippen molar-refractivity contribution in [1.82, 2.24) is 30.0 Å². The zero-order valence-electron chi connectivity index (χ0n) is 12.9. The summed E-state index contributed by atoms with van der Waals surface area (Å²) in [5.74, 6) is 0.306. The predicted octanol–water partition coefficient (Wildman–Crippen LogP) is 1.14. The molecule has 0 saturated carbocycles. The molecule has 1 amide bonds. The van der Waals surface area contributed by atoms with Crippen molar-refractivity contribution in [2.24, 2.45) is 7.05 Å². The minimum Gasteiger partial charge on any atom is -0.307 e. The van der Waals surface area contributed by atoms with Gasteiger partial charge in [0.25, 0.3) is 5.91 Å². The van der Waals surface area contributed by atoms with Crippen LogP contribution in [0.4, 0.5) is 5.82 Å². The number of carbonyl (C=O) groups excluding carboxylic acids is 1. The molecule has 0 fully saturated rings. The smallest absolute Gasteiger partial charge is 0.250 e. The fraction of sp³-hybridized carbons (Fsp3) is 0.267. The maximum atomic E-state index is 12.7. The quantitative estimate of drug-likeness (QED) is 0.763. The number of amides is 1. The zero-order chi connectivity index (χ0) is 16.2. The second kappa shape index (κ2) is 6.39. The van der Waals surface area contributed by atoms with Crippen molar-refractivity contribution in [2.45, 2.75) is 19.4 Å². The lowest BCUT2D eigenvalue weighted by Crippen LogP contribution is -2.28. The van der Waals surface area contributed by atoms with Crippen molar-refractivity contribution in [1.29, 1.82) is 0 Å². The molecule has 23 heavy (non-hydrogen) atoms. The fourth-order valence-corrected chi connectivity index (χ4v) is 2.29. The summed E-state index contributed by atoms with van der Waals surface area (Å²) in [6.45, 7) is 1.92. The Hall–Kier alpha value is -3.03. The first-order valence-corrected chi connectivity index (χ1v) is 7.21. The van der Waals surface area contributed by atoms with E-state index >= 15 is 0 Å². The number of carbonyl (C=O) groups is 1. The van der Waals surface area contributed by atoms with Crippen molar-refractivity contribution in [3.05, 3.63) is 54.0 Å². The Morgan fingerprint density at radius 1 is 1.30 bits per heavy atom. The van der Waals surface area contributed by atoms with Gasteiger partial charge < -0.3 is 5.32 Å². The average Bonchev–Trinajstić information content (AvgIpc) is 3.16. The largest absolute Gasteiger partial charge is 0.307 e. The van der Waals surface area contributed by atoms with Gasteiger partial charge in [-0.15, -0.1) is 5.10 Å². The Kier molecular flexibility index (Phi) is 4.13. The number of hydrogen-bond donors (Lipinski definition) is 1. The summed E-state index contributed by atoms with van der Waals surface area (Å²) in [4.78, 5) is 12.7. The lowest BCUT2D eigenvalue weighted by molar-refractivity contribution is -0.119. The highest BCUT2D eigenvalue weighted by molar-refractivity contribution is 5.93. The molecular formula is C15H17N7O. The van der Waals surface area contributed by atoms with E-state index < -0.39 is 6.04 Å². The standard InChI is InChI=1S/C15H17N7O/c1-11-8-14(18-21(11)2)17-15(23)13(22-10-16-19-20-22)9-12-6-4-3-5-7-12/h3-8,10,13H,9H2,1-2H3,(H,17,18,23). The third kappa shape index (κ3) is 3.42. The molecule has 2 heterocycles. The first-order valence-electron chi connectivity index (χ1n) is 7.21. The van der Waals surface area contributed by atoms with Gasteiger partial charge in [0, 0.05) is 25.2 Å². The molecule has 3 rings (SSSR count). The average molecular weight is 311 g/mol. The van der Waals surface area contributed by atoms with Crippen LogP contribution in [-0.2, 0) is 18.3 Å². The van der Waals surface area contributed by atoms with E-state index in [0.29, 0.717) is 12.2 Å². The summed E-state index contributed by atoms with van der Waals surface area (Å²) in [5, 5.41) is 18.2. The SMILES string of the molecule is Cc1cc(NC(=O)C(Cc2ccccc2)n2cnnn2)nn1C. The molecule has 118 valence electrons. The van der Waals surface area contributed by atoms with Gasteiger partial charge in [-0.05, 0) is 22.9 Å². The first kappa shape index (κ1) is 14.9. The van der Waals surface area contributed by atoms with Crippen molar-refractivity contribution < 1.29 is 4.79 Å². The highest BCUT2D eigenvalue weighted by Crippen LogP contribution is 2.16. The Balaban J connectivity index is 1.81. The summed E-state index contributed by atoms with van der Waals surface area (Å²) in [7, 11) is 1.83. The van der Waals surface area contributed by atoms with Gasteiger partial charge in [0.2, 0.25) is 0 Å². The highest BCUT2D eigenvalue weighted by atomic mass is 16.2.